The van der Waals surface area contributed by atoms with E-state index < -0.39 is 0 Å². The molecule has 3 aromatic carbocycles. The fraction of sp³-hybridized carbons (Fsp3) is 0.258. The molecule has 0 spiro atoms. The van der Waals surface area contributed by atoms with Crippen molar-refractivity contribution in [2.45, 2.75) is 32.9 Å². The standard InChI is InChI=1S/C31H32N4O/c1-24-11-8-9-17-28(24)29-18-19-30(33-32-29)34-20-10-16-27(23-34)31(36)35(21-25-12-4-2-5-13-25)22-26-14-6-3-7-15-26/h2-9,11-15,17-19,27H,10,16,20-23H2,1H3. The minimum Gasteiger partial charge on any atom is -0.354 e. The highest BCUT2D eigenvalue weighted by molar-refractivity contribution is 5.80. The molecular weight excluding hydrogens is 444 g/mol. The van der Waals surface area contributed by atoms with Crippen LogP contribution in [0.5, 0.6) is 0 Å². The Hall–Kier alpha value is -3.99. The fourth-order valence-corrected chi connectivity index (χ4v) is 4.96. The van der Waals surface area contributed by atoms with E-state index in [4.69, 9.17) is 0 Å². The maximum Gasteiger partial charge on any atom is 0.228 e. The van der Waals surface area contributed by atoms with E-state index in [1.54, 1.807) is 0 Å². The van der Waals surface area contributed by atoms with Crippen LogP contribution in [0, 0.1) is 12.8 Å². The molecule has 0 saturated carbocycles. The second-order valence-corrected chi connectivity index (χ2v) is 9.54. The molecule has 1 aromatic heterocycles. The Kier molecular flexibility index (Phi) is 7.36. The van der Waals surface area contributed by atoms with Crippen LogP contribution in [-0.2, 0) is 17.9 Å². The maximum absolute atomic E-state index is 13.8. The Morgan fingerprint density at radius 3 is 2.08 bits per heavy atom. The SMILES string of the molecule is Cc1ccccc1-c1ccc(N2CCCC(C(=O)N(Cc3ccccc3)Cc3ccccc3)C2)nn1. The summed E-state index contributed by atoms with van der Waals surface area (Å²) in [5.41, 5.74) is 5.44. The second kappa shape index (κ2) is 11.2. The van der Waals surface area contributed by atoms with Crippen molar-refractivity contribution in [3.05, 3.63) is 114 Å². The highest BCUT2D eigenvalue weighted by Gasteiger charge is 2.30. The van der Waals surface area contributed by atoms with E-state index >= 15 is 0 Å². The molecule has 1 atom stereocenters. The van der Waals surface area contributed by atoms with Gasteiger partial charge in [0.2, 0.25) is 5.91 Å². The second-order valence-electron chi connectivity index (χ2n) is 9.54. The molecule has 5 rings (SSSR count). The average molecular weight is 477 g/mol. The van der Waals surface area contributed by atoms with Crippen molar-refractivity contribution in [1.29, 1.82) is 0 Å². The number of piperidine rings is 1. The lowest BCUT2D eigenvalue weighted by molar-refractivity contribution is -0.137. The van der Waals surface area contributed by atoms with Gasteiger partial charge in [-0.3, -0.25) is 4.79 Å². The molecule has 5 heteroatoms. The predicted octanol–water partition coefficient (Wildman–Crippen LogP) is 5.90. The largest absolute Gasteiger partial charge is 0.354 e. The van der Waals surface area contributed by atoms with Gasteiger partial charge in [-0.2, -0.15) is 0 Å². The minimum atomic E-state index is -0.0657. The number of carbonyl (C=O) groups is 1. The third-order valence-electron chi connectivity index (χ3n) is 6.91. The van der Waals surface area contributed by atoms with Gasteiger partial charge in [-0.1, -0.05) is 84.9 Å². The van der Waals surface area contributed by atoms with Gasteiger partial charge < -0.3 is 9.80 Å². The molecule has 1 aliphatic heterocycles. The van der Waals surface area contributed by atoms with E-state index in [9.17, 15) is 4.79 Å². The molecule has 1 fully saturated rings. The van der Waals surface area contributed by atoms with Gasteiger partial charge in [-0.25, -0.2) is 0 Å². The third-order valence-corrected chi connectivity index (χ3v) is 6.91. The first-order valence-electron chi connectivity index (χ1n) is 12.7. The van der Waals surface area contributed by atoms with E-state index in [-0.39, 0.29) is 11.8 Å². The van der Waals surface area contributed by atoms with Gasteiger partial charge in [-0.15, -0.1) is 10.2 Å². The molecule has 1 saturated heterocycles. The number of rotatable bonds is 7. The maximum atomic E-state index is 13.8. The van der Waals surface area contributed by atoms with Crippen molar-refractivity contribution < 1.29 is 4.79 Å². The van der Waals surface area contributed by atoms with Crippen LogP contribution in [0.2, 0.25) is 0 Å². The molecule has 1 unspecified atom stereocenters. The first-order chi connectivity index (χ1) is 17.7. The van der Waals surface area contributed by atoms with Crippen LogP contribution in [0.25, 0.3) is 11.3 Å². The van der Waals surface area contributed by atoms with Crippen LogP contribution in [0.3, 0.4) is 0 Å². The lowest BCUT2D eigenvalue weighted by atomic mass is 9.95. The van der Waals surface area contributed by atoms with Crippen molar-refractivity contribution in [1.82, 2.24) is 15.1 Å². The van der Waals surface area contributed by atoms with E-state index in [1.807, 2.05) is 65.6 Å². The quantitative estimate of drug-likeness (QED) is 0.333. The molecule has 5 nitrogen and oxygen atoms in total. The summed E-state index contributed by atoms with van der Waals surface area (Å²) in [5.74, 6) is 0.975. The van der Waals surface area contributed by atoms with E-state index in [0.29, 0.717) is 19.6 Å². The molecule has 0 N–H and O–H groups in total. The monoisotopic (exact) mass is 476 g/mol. The van der Waals surface area contributed by atoms with Crippen LogP contribution in [0.4, 0.5) is 5.82 Å². The molecular formula is C31H32N4O. The summed E-state index contributed by atoms with van der Waals surface area (Å²) in [6.45, 7) is 4.85. The number of amides is 1. The number of benzene rings is 3. The van der Waals surface area contributed by atoms with Crippen molar-refractivity contribution in [2.24, 2.45) is 5.92 Å². The first-order valence-corrected chi connectivity index (χ1v) is 12.7. The number of carbonyl (C=O) groups excluding carboxylic acids is 1. The van der Waals surface area contributed by atoms with Gasteiger partial charge in [0, 0.05) is 31.7 Å². The van der Waals surface area contributed by atoms with Crippen molar-refractivity contribution in [3.8, 4) is 11.3 Å². The molecule has 1 amide bonds. The van der Waals surface area contributed by atoms with Crippen LogP contribution in [0.15, 0.2) is 97.1 Å². The minimum absolute atomic E-state index is 0.0657. The predicted molar refractivity (Wildman–Crippen MR) is 144 cm³/mol. The van der Waals surface area contributed by atoms with Gasteiger partial charge in [0.25, 0.3) is 0 Å². The lowest BCUT2D eigenvalue weighted by Crippen LogP contribution is -2.44. The van der Waals surface area contributed by atoms with Gasteiger partial charge in [0.1, 0.15) is 0 Å². The van der Waals surface area contributed by atoms with Crippen LogP contribution in [0.1, 0.15) is 29.5 Å². The normalized spacial score (nSPS) is 15.5. The Morgan fingerprint density at radius 1 is 0.833 bits per heavy atom. The third kappa shape index (κ3) is 5.62. The van der Waals surface area contributed by atoms with Crippen LogP contribution in [-0.4, -0.2) is 34.1 Å². The number of nitrogens with zero attached hydrogens (tertiary/aromatic N) is 4. The van der Waals surface area contributed by atoms with Crippen molar-refractivity contribution in [2.75, 3.05) is 18.0 Å². The Bertz CT molecular complexity index is 1230. The molecule has 0 radical (unpaired) electrons. The van der Waals surface area contributed by atoms with Crippen LogP contribution < -0.4 is 4.90 Å². The molecule has 182 valence electrons. The Morgan fingerprint density at radius 2 is 1.47 bits per heavy atom. The van der Waals surface area contributed by atoms with Gasteiger partial charge in [0.15, 0.2) is 5.82 Å². The Balaban J connectivity index is 1.31. The van der Waals surface area contributed by atoms with Gasteiger partial charge >= 0.3 is 0 Å². The lowest BCUT2D eigenvalue weighted by Gasteiger charge is -2.35. The van der Waals surface area contributed by atoms with E-state index in [0.717, 1.165) is 47.6 Å². The number of hydrogen-bond acceptors (Lipinski definition) is 4. The molecule has 2 heterocycles. The summed E-state index contributed by atoms with van der Waals surface area (Å²) in [6, 6.07) is 32.8. The summed E-state index contributed by atoms with van der Waals surface area (Å²) in [4.78, 5) is 18.0. The topological polar surface area (TPSA) is 49.3 Å². The number of aromatic nitrogens is 2. The number of aryl methyl sites for hydroxylation is 1. The fourth-order valence-electron chi connectivity index (χ4n) is 4.96. The van der Waals surface area contributed by atoms with E-state index in [2.05, 4.69) is 58.4 Å². The highest BCUT2D eigenvalue weighted by Crippen LogP contribution is 2.26. The zero-order valence-electron chi connectivity index (χ0n) is 20.8. The summed E-state index contributed by atoms with van der Waals surface area (Å²) in [7, 11) is 0. The number of hydrogen-bond donors (Lipinski definition) is 0. The molecule has 36 heavy (non-hydrogen) atoms. The molecule has 1 aliphatic rings. The van der Waals surface area contributed by atoms with E-state index in [1.165, 1.54) is 5.56 Å². The molecule has 0 bridgehead atoms. The number of anilines is 1. The van der Waals surface area contributed by atoms with Gasteiger partial charge in [0.05, 0.1) is 11.6 Å². The first kappa shape index (κ1) is 23.7. The van der Waals surface area contributed by atoms with Crippen LogP contribution >= 0.6 is 0 Å². The smallest absolute Gasteiger partial charge is 0.228 e. The zero-order chi connectivity index (χ0) is 24.7. The summed E-state index contributed by atoms with van der Waals surface area (Å²) in [5, 5.41) is 9.06. The van der Waals surface area contributed by atoms with Crippen molar-refractivity contribution in [3.63, 3.8) is 0 Å². The van der Waals surface area contributed by atoms with Gasteiger partial charge in [-0.05, 0) is 48.6 Å². The highest BCUT2D eigenvalue weighted by atomic mass is 16.2. The summed E-state index contributed by atoms with van der Waals surface area (Å²) < 4.78 is 0. The summed E-state index contributed by atoms with van der Waals surface area (Å²) >= 11 is 0. The Labute approximate surface area is 213 Å². The molecule has 0 aliphatic carbocycles. The molecule has 4 aromatic rings. The van der Waals surface area contributed by atoms with Crippen molar-refractivity contribution >= 4 is 11.7 Å². The average Bonchev–Trinajstić information content (AvgIpc) is 2.94. The summed E-state index contributed by atoms with van der Waals surface area (Å²) in [6.07, 6.45) is 1.85. The zero-order valence-corrected chi connectivity index (χ0v) is 20.8.